The number of carbonyl (C=O) groups is 2. The van der Waals surface area contributed by atoms with Crippen molar-refractivity contribution in [3.05, 3.63) is 35.4 Å². The fraction of sp³-hybridized carbons (Fsp3) is 0.526. The van der Waals surface area contributed by atoms with Crippen molar-refractivity contribution in [2.45, 2.75) is 32.2 Å². The van der Waals surface area contributed by atoms with E-state index in [9.17, 15) is 14.4 Å². The van der Waals surface area contributed by atoms with Crippen LogP contribution in [-0.4, -0.2) is 38.3 Å². The van der Waals surface area contributed by atoms with Gasteiger partial charge in [0.2, 0.25) is 6.08 Å². The van der Waals surface area contributed by atoms with Crippen LogP contribution in [0, 0.1) is 11.8 Å². The van der Waals surface area contributed by atoms with Gasteiger partial charge < -0.3 is 15.4 Å². The van der Waals surface area contributed by atoms with E-state index in [1.54, 1.807) is 30.3 Å². The highest BCUT2D eigenvalue weighted by Crippen LogP contribution is 2.28. The molecule has 7 heteroatoms. The molecule has 0 saturated heterocycles. The molecule has 0 heterocycles. The summed E-state index contributed by atoms with van der Waals surface area (Å²) < 4.78 is 4.65. The summed E-state index contributed by atoms with van der Waals surface area (Å²) in [5.74, 6) is 0.445. The van der Waals surface area contributed by atoms with Crippen LogP contribution in [0.5, 0.6) is 0 Å². The first-order valence-corrected chi connectivity index (χ1v) is 8.85. The minimum Gasteiger partial charge on any atom is -0.465 e. The van der Waals surface area contributed by atoms with Crippen LogP contribution in [0.15, 0.2) is 29.3 Å². The first kappa shape index (κ1) is 19.7. The number of benzene rings is 1. The first-order chi connectivity index (χ1) is 12.6. The highest BCUT2D eigenvalue weighted by Gasteiger charge is 2.22. The summed E-state index contributed by atoms with van der Waals surface area (Å²) in [6.07, 6.45) is 5.82. The quantitative estimate of drug-likeness (QED) is 0.444. The van der Waals surface area contributed by atoms with Crippen LogP contribution in [0.4, 0.5) is 4.79 Å². The van der Waals surface area contributed by atoms with Gasteiger partial charge in [0.05, 0.1) is 19.2 Å². The molecule has 1 aliphatic rings. The molecule has 0 radical (unpaired) electrons. The van der Waals surface area contributed by atoms with Gasteiger partial charge in [0.25, 0.3) is 0 Å². The molecule has 1 aliphatic carbocycles. The molecule has 0 bridgehead atoms. The number of ether oxygens (including phenoxy) is 1. The first-order valence-electron chi connectivity index (χ1n) is 8.85. The molecule has 140 valence electrons. The molecule has 2 amide bonds. The largest absolute Gasteiger partial charge is 0.465 e. The van der Waals surface area contributed by atoms with Crippen LogP contribution in [0.3, 0.4) is 0 Å². The van der Waals surface area contributed by atoms with Crippen molar-refractivity contribution in [2.75, 3.05) is 20.2 Å². The molecule has 0 aromatic heterocycles. The average molecular weight is 359 g/mol. The van der Waals surface area contributed by atoms with Gasteiger partial charge in [-0.25, -0.2) is 19.4 Å². The average Bonchev–Trinajstić information content (AvgIpc) is 2.69. The van der Waals surface area contributed by atoms with Gasteiger partial charge in [0.1, 0.15) is 0 Å². The Balaban J connectivity index is 1.70. The summed E-state index contributed by atoms with van der Waals surface area (Å²) in [4.78, 5) is 37.2. The molecule has 2 atom stereocenters. The fourth-order valence-corrected chi connectivity index (χ4v) is 3.28. The van der Waals surface area contributed by atoms with E-state index in [2.05, 4.69) is 20.4 Å². The maximum absolute atomic E-state index is 12.0. The number of methoxy groups -OCH3 is 1. The van der Waals surface area contributed by atoms with Crippen molar-refractivity contribution in [3.8, 4) is 0 Å². The second kappa shape index (κ2) is 10.4. The number of hydrogen-bond donors (Lipinski definition) is 2. The maximum Gasteiger partial charge on any atom is 0.337 e. The minimum atomic E-state index is -0.383. The predicted octanol–water partition coefficient (Wildman–Crippen LogP) is 2.41. The molecule has 1 fully saturated rings. The maximum atomic E-state index is 12.0. The van der Waals surface area contributed by atoms with Crippen LogP contribution in [0.2, 0.25) is 0 Å². The molecule has 1 saturated carbocycles. The molecule has 1 aromatic carbocycles. The van der Waals surface area contributed by atoms with Gasteiger partial charge in [0.15, 0.2) is 0 Å². The number of amides is 2. The van der Waals surface area contributed by atoms with Crippen molar-refractivity contribution in [2.24, 2.45) is 16.8 Å². The van der Waals surface area contributed by atoms with E-state index in [1.165, 1.54) is 7.11 Å². The molecule has 2 rings (SSSR count). The predicted molar refractivity (Wildman–Crippen MR) is 96.5 cm³/mol. The summed E-state index contributed by atoms with van der Waals surface area (Å²) in [5.41, 5.74) is 1.38. The topological polar surface area (TPSA) is 96.9 Å². The molecule has 0 aliphatic heterocycles. The summed E-state index contributed by atoms with van der Waals surface area (Å²) in [5, 5.41) is 5.72. The number of rotatable bonds is 7. The Morgan fingerprint density at radius 1 is 1.19 bits per heavy atom. The van der Waals surface area contributed by atoms with Crippen LogP contribution in [-0.2, 0) is 16.1 Å². The number of aliphatic imine (C=N–C) groups is 1. The van der Waals surface area contributed by atoms with Gasteiger partial charge in [0, 0.05) is 13.1 Å². The lowest BCUT2D eigenvalue weighted by atomic mass is 9.81. The van der Waals surface area contributed by atoms with Gasteiger partial charge in [-0.05, 0) is 48.8 Å². The van der Waals surface area contributed by atoms with Gasteiger partial charge in [-0.2, -0.15) is 0 Å². The Morgan fingerprint density at radius 3 is 2.62 bits per heavy atom. The zero-order chi connectivity index (χ0) is 18.8. The molecular formula is C19H25N3O4. The summed E-state index contributed by atoms with van der Waals surface area (Å²) in [6, 6.07) is 6.70. The Kier molecular flexibility index (Phi) is 7.83. The van der Waals surface area contributed by atoms with E-state index in [1.807, 2.05) is 0 Å². The standard InChI is InChI=1S/C19H25N3O4/c1-26-18(24)17-7-5-14(6-8-17)11-21-19(25)22-12-16-4-2-3-15(9-16)10-20-13-23/h5-8,15-16H,2-4,9-12H2,1H3,(H2,21,22,25). The van der Waals surface area contributed by atoms with Crippen LogP contribution < -0.4 is 10.6 Å². The van der Waals surface area contributed by atoms with Gasteiger partial charge in [-0.15, -0.1) is 0 Å². The van der Waals surface area contributed by atoms with E-state index < -0.39 is 0 Å². The third-order valence-corrected chi connectivity index (χ3v) is 4.68. The van der Waals surface area contributed by atoms with Crippen molar-refractivity contribution in [1.82, 2.24) is 10.6 Å². The Labute approximate surface area is 153 Å². The summed E-state index contributed by atoms with van der Waals surface area (Å²) in [6.45, 7) is 1.54. The lowest BCUT2D eigenvalue weighted by molar-refractivity contribution is 0.0600. The zero-order valence-electron chi connectivity index (χ0n) is 15.0. The third kappa shape index (κ3) is 6.33. The van der Waals surface area contributed by atoms with Crippen molar-refractivity contribution < 1.29 is 19.1 Å². The number of nitrogens with one attached hydrogen (secondary N) is 2. The molecule has 1 aromatic rings. The zero-order valence-corrected chi connectivity index (χ0v) is 15.0. The number of hydrogen-bond acceptors (Lipinski definition) is 5. The van der Waals surface area contributed by atoms with E-state index in [0.29, 0.717) is 37.0 Å². The molecule has 0 spiro atoms. The van der Waals surface area contributed by atoms with Crippen molar-refractivity contribution in [1.29, 1.82) is 0 Å². The number of urea groups is 1. The van der Waals surface area contributed by atoms with Crippen molar-refractivity contribution >= 4 is 18.1 Å². The summed E-state index contributed by atoms with van der Waals surface area (Å²) in [7, 11) is 1.34. The fourth-order valence-electron chi connectivity index (χ4n) is 3.28. The van der Waals surface area contributed by atoms with Gasteiger partial charge in [-0.1, -0.05) is 18.6 Å². The van der Waals surface area contributed by atoms with E-state index in [0.717, 1.165) is 31.2 Å². The van der Waals surface area contributed by atoms with E-state index in [-0.39, 0.29) is 12.0 Å². The minimum absolute atomic E-state index is 0.213. The van der Waals surface area contributed by atoms with E-state index >= 15 is 0 Å². The molecule has 26 heavy (non-hydrogen) atoms. The number of isocyanates is 1. The number of nitrogens with zero attached hydrogens (tertiary/aromatic N) is 1. The Bertz CT molecular complexity index is 653. The van der Waals surface area contributed by atoms with Crippen LogP contribution >= 0.6 is 0 Å². The normalized spacial score (nSPS) is 19.1. The van der Waals surface area contributed by atoms with Gasteiger partial charge >= 0.3 is 12.0 Å². The number of carbonyl (C=O) groups excluding carboxylic acids is 3. The van der Waals surface area contributed by atoms with Crippen LogP contribution in [0.25, 0.3) is 0 Å². The summed E-state index contributed by atoms with van der Waals surface area (Å²) >= 11 is 0. The highest BCUT2D eigenvalue weighted by atomic mass is 16.5. The Morgan fingerprint density at radius 2 is 1.92 bits per heavy atom. The number of esters is 1. The van der Waals surface area contributed by atoms with Crippen molar-refractivity contribution in [3.63, 3.8) is 0 Å². The van der Waals surface area contributed by atoms with Gasteiger partial charge in [-0.3, -0.25) is 0 Å². The SMILES string of the molecule is COC(=O)c1ccc(CNC(=O)NCC2CCCC(CN=C=O)C2)cc1. The molecule has 2 N–H and O–H groups in total. The molecule has 7 nitrogen and oxygen atoms in total. The monoisotopic (exact) mass is 359 g/mol. The highest BCUT2D eigenvalue weighted by molar-refractivity contribution is 5.89. The van der Waals surface area contributed by atoms with Crippen LogP contribution in [0.1, 0.15) is 41.6 Å². The second-order valence-corrected chi connectivity index (χ2v) is 6.58. The second-order valence-electron chi connectivity index (χ2n) is 6.58. The Hall–Kier alpha value is -2.66. The van der Waals surface area contributed by atoms with E-state index in [4.69, 9.17) is 0 Å². The smallest absolute Gasteiger partial charge is 0.337 e. The third-order valence-electron chi connectivity index (χ3n) is 4.68. The molecule has 2 unspecified atom stereocenters. The lowest BCUT2D eigenvalue weighted by Crippen LogP contribution is -2.39. The lowest BCUT2D eigenvalue weighted by Gasteiger charge is -2.28. The molecular weight excluding hydrogens is 334 g/mol.